The molecule has 0 saturated carbocycles. The highest BCUT2D eigenvalue weighted by Crippen LogP contribution is 2.35. The van der Waals surface area contributed by atoms with Crippen molar-refractivity contribution >= 4 is 40.4 Å². The van der Waals surface area contributed by atoms with Crippen LogP contribution in [0.3, 0.4) is 0 Å². The molecule has 35 heavy (non-hydrogen) atoms. The second-order valence-electron chi connectivity index (χ2n) is 7.88. The van der Waals surface area contributed by atoms with E-state index >= 15 is 0 Å². The van der Waals surface area contributed by atoms with Gasteiger partial charge in [-0.25, -0.2) is 14.6 Å². The third kappa shape index (κ3) is 3.50. The van der Waals surface area contributed by atoms with Crippen molar-refractivity contribution in [3.63, 3.8) is 0 Å². The summed E-state index contributed by atoms with van der Waals surface area (Å²) in [6.07, 6.45) is 0. The highest BCUT2D eigenvalue weighted by atomic mass is 32.1. The zero-order chi connectivity index (χ0) is 24.9. The first-order valence-electron chi connectivity index (χ1n) is 10.6. The van der Waals surface area contributed by atoms with Crippen LogP contribution in [0.25, 0.3) is 5.57 Å². The number of esters is 1. The number of carbonyl (C=O) groups excluding carboxylic acids is 3. The number of rotatable bonds is 3. The van der Waals surface area contributed by atoms with Crippen molar-refractivity contribution in [2.75, 3.05) is 12.2 Å². The number of hydrogen-bond donors (Lipinski definition) is 0. The fraction of sp³-hybridized carbons (Fsp3) is 0.160. The molecule has 1 aromatic heterocycles. The molecule has 0 fully saturated rings. The van der Waals surface area contributed by atoms with Gasteiger partial charge in [0.2, 0.25) is 0 Å². The van der Waals surface area contributed by atoms with E-state index < -0.39 is 29.4 Å². The van der Waals surface area contributed by atoms with Gasteiger partial charge in [-0.05, 0) is 18.6 Å². The number of aromatic nitrogens is 1. The van der Waals surface area contributed by atoms with Crippen molar-refractivity contribution in [1.29, 1.82) is 0 Å². The molecule has 0 bridgehead atoms. The van der Waals surface area contributed by atoms with Crippen LogP contribution in [-0.2, 0) is 24.0 Å². The fourth-order valence-corrected chi connectivity index (χ4v) is 5.46. The predicted octanol–water partition coefficient (Wildman–Crippen LogP) is 1.60. The van der Waals surface area contributed by atoms with Crippen LogP contribution in [0.5, 0.6) is 0 Å². The summed E-state index contributed by atoms with van der Waals surface area (Å²) in [4.78, 5) is 61.6. The molecule has 176 valence electrons. The van der Waals surface area contributed by atoms with Gasteiger partial charge < -0.3 is 9.57 Å². The minimum atomic E-state index is -0.787. The first-order valence-corrected chi connectivity index (χ1v) is 11.5. The lowest BCUT2D eigenvalue weighted by atomic mass is 9.96. The van der Waals surface area contributed by atoms with Crippen LogP contribution in [0.4, 0.5) is 5.69 Å². The maximum atomic E-state index is 13.9. The lowest BCUT2D eigenvalue weighted by Crippen LogP contribution is -2.41. The summed E-state index contributed by atoms with van der Waals surface area (Å²) in [6.45, 7) is 2.87. The standard InChI is InChI=1S/C25H19N3O6S/c1-13-18(24(32)33-3)20(15-9-5-4-6-10-15)27-23(31)21(35-25(27)26-13)19-16-11-7-8-12-17(16)28(22(19)30)34-14(2)29/h4-12,20H,1-3H3/b21-19-/t20-/m1/s1. The first-order chi connectivity index (χ1) is 16.8. The predicted molar refractivity (Wildman–Crippen MR) is 127 cm³/mol. The van der Waals surface area contributed by atoms with Crippen LogP contribution in [0.2, 0.25) is 0 Å². The SMILES string of the molecule is COC(=O)C1=C(C)N=c2s/c(=C3\C(=O)N(OC(C)=O)c4ccccc43)c(=O)n2[C@@H]1c1ccccc1. The third-order valence-electron chi connectivity index (χ3n) is 5.76. The van der Waals surface area contributed by atoms with Gasteiger partial charge in [0.1, 0.15) is 4.53 Å². The average molecular weight is 490 g/mol. The summed E-state index contributed by atoms with van der Waals surface area (Å²) in [5, 5.41) is 0.894. The Labute approximate surface area is 202 Å². The monoisotopic (exact) mass is 489 g/mol. The van der Waals surface area contributed by atoms with E-state index in [4.69, 9.17) is 9.57 Å². The highest BCUT2D eigenvalue weighted by Gasteiger charge is 2.38. The number of hydrogen-bond acceptors (Lipinski definition) is 8. The number of methoxy groups -OCH3 is 1. The lowest BCUT2D eigenvalue weighted by Gasteiger charge is -2.24. The Balaban J connectivity index is 1.82. The Morgan fingerprint density at radius 3 is 2.40 bits per heavy atom. The molecule has 0 N–H and O–H groups in total. The molecule has 3 heterocycles. The largest absolute Gasteiger partial charge is 0.466 e. The normalized spacial score (nSPS) is 18.1. The molecule has 0 radical (unpaired) electrons. The van der Waals surface area contributed by atoms with Crippen molar-refractivity contribution in [1.82, 2.24) is 4.57 Å². The first kappa shape index (κ1) is 22.5. The number of amides is 1. The third-order valence-corrected chi connectivity index (χ3v) is 6.81. The summed E-state index contributed by atoms with van der Waals surface area (Å²) in [5.74, 6) is -1.90. The minimum Gasteiger partial charge on any atom is -0.466 e. The summed E-state index contributed by atoms with van der Waals surface area (Å²) in [6, 6.07) is 15.0. The molecule has 9 nitrogen and oxygen atoms in total. The van der Waals surface area contributed by atoms with E-state index in [2.05, 4.69) is 4.99 Å². The molecule has 0 unspecified atom stereocenters. The van der Waals surface area contributed by atoms with Gasteiger partial charge in [0, 0.05) is 12.5 Å². The lowest BCUT2D eigenvalue weighted by molar-refractivity contribution is -0.146. The Morgan fingerprint density at radius 1 is 1.03 bits per heavy atom. The number of allylic oxidation sites excluding steroid dienone is 1. The van der Waals surface area contributed by atoms with Crippen molar-refractivity contribution in [3.8, 4) is 0 Å². The summed E-state index contributed by atoms with van der Waals surface area (Å²) >= 11 is 1.04. The van der Waals surface area contributed by atoms with E-state index in [1.807, 2.05) is 30.3 Å². The van der Waals surface area contributed by atoms with E-state index in [0.29, 0.717) is 27.3 Å². The van der Waals surface area contributed by atoms with Gasteiger partial charge in [-0.15, -0.1) is 5.06 Å². The van der Waals surface area contributed by atoms with Crippen molar-refractivity contribution in [2.45, 2.75) is 19.9 Å². The number of ether oxygens (including phenoxy) is 1. The maximum Gasteiger partial charge on any atom is 0.338 e. The van der Waals surface area contributed by atoms with Crippen molar-refractivity contribution in [2.24, 2.45) is 4.99 Å². The van der Waals surface area contributed by atoms with Crippen molar-refractivity contribution in [3.05, 3.63) is 96.7 Å². The van der Waals surface area contributed by atoms with Crippen molar-refractivity contribution < 1.29 is 24.0 Å². The van der Waals surface area contributed by atoms with Gasteiger partial charge in [-0.1, -0.05) is 59.9 Å². The van der Waals surface area contributed by atoms with Gasteiger partial charge in [0.05, 0.1) is 35.7 Å². The fourth-order valence-electron chi connectivity index (χ4n) is 4.32. The molecule has 5 rings (SSSR count). The molecule has 2 aliphatic heterocycles. The average Bonchev–Trinajstić information content (AvgIpc) is 3.31. The van der Waals surface area contributed by atoms with Crippen LogP contribution in [0.1, 0.15) is 31.0 Å². The quantitative estimate of drug-likeness (QED) is 0.518. The van der Waals surface area contributed by atoms with E-state index in [1.165, 1.54) is 18.6 Å². The smallest absolute Gasteiger partial charge is 0.338 e. The van der Waals surface area contributed by atoms with E-state index in [9.17, 15) is 19.2 Å². The number of hydroxylamine groups is 1. The van der Waals surface area contributed by atoms with Crippen LogP contribution in [0, 0.1) is 0 Å². The molecule has 0 aliphatic carbocycles. The molecular weight excluding hydrogens is 470 g/mol. The topological polar surface area (TPSA) is 107 Å². The molecule has 0 saturated heterocycles. The number of anilines is 1. The van der Waals surface area contributed by atoms with E-state index in [1.54, 1.807) is 31.2 Å². The van der Waals surface area contributed by atoms with Crippen LogP contribution >= 0.6 is 11.3 Å². The zero-order valence-corrected chi connectivity index (χ0v) is 19.8. The zero-order valence-electron chi connectivity index (χ0n) is 19.0. The van der Waals surface area contributed by atoms with Crippen LogP contribution in [-0.4, -0.2) is 29.5 Å². The molecule has 10 heteroatoms. The number of fused-ring (bicyclic) bond motifs is 2. The summed E-state index contributed by atoms with van der Waals surface area (Å²) in [5.41, 5.74) is 1.80. The molecule has 2 aromatic carbocycles. The van der Waals surface area contributed by atoms with Gasteiger partial charge >= 0.3 is 11.9 Å². The van der Waals surface area contributed by atoms with Gasteiger partial charge in [-0.2, -0.15) is 0 Å². The van der Waals surface area contributed by atoms with E-state index in [0.717, 1.165) is 16.4 Å². The van der Waals surface area contributed by atoms with Gasteiger partial charge in [-0.3, -0.25) is 14.2 Å². The Morgan fingerprint density at radius 2 is 1.71 bits per heavy atom. The molecule has 1 atom stereocenters. The highest BCUT2D eigenvalue weighted by molar-refractivity contribution is 7.07. The second kappa shape index (κ2) is 8.48. The Kier molecular flexibility index (Phi) is 5.45. The van der Waals surface area contributed by atoms with Gasteiger partial charge in [0.15, 0.2) is 4.80 Å². The molecule has 0 spiro atoms. The summed E-state index contributed by atoms with van der Waals surface area (Å²) < 4.78 is 6.55. The number of carbonyl (C=O) groups is 3. The van der Waals surface area contributed by atoms with Crippen LogP contribution in [0.15, 0.2) is 75.7 Å². The Hall–Kier alpha value is -4.31. The second-order valence-corrected chi connectivity index (χ2v) is 8.86. The number of benzene rings is 2. The van der Waals surface area contributed by atoms with Gasteiger partial charge in [0.25, 0.3) is 11.5 Å². The summed E-state index contributed by atoms with van der Waals surface area (Å²) in [7, 11) is 1.27. The molecular formula is C25H19N3O6S. The van der Waals surface area contributed by atoms with E-state index in [-0.39, 0.29) is 15.7 Å². The number of para-hydroxylation sites is 1. The number of thiazole rings is 1. The van der Waals surface area contributed by atoms with Crippen LogP contribution < -0.4 is 20.0 Å². The Bertz CT molecular complexity index is 1620. The number of nitrogens with zero attached hydrogens (tertiary/aromatic N) is 3. The molecule has 3 aromatic rings. The minimum absolute atomic E-state index is 0.109. The maximum absolute atomic E-state index is 13.9. The molecule has 1 amide bonds. The molecule has 2 aliphatic rings.